The summed E-state index contributed by atoms with van der Waals surface area (Å²) in [6, 6.07) is 16.6. The Labute approximate surface area is 183 Å². The fourth-order valence-corrected chi connectivity index (χ4v) is 4.34. The highest BCUT2D eigenvalue weighted by Gasteiger charge is 2.24. The van der Waals surface area contributed by atoms with Crippen LogP contribution in [0.15, 0.2) is 60.0 Å². The fraction of sp³-hybridized carbons (Fsp3) is 0.174. The van der Waals surface area contributed by atoms with E-state index in [0.29, 0.717) is 23.7 Å². The van der Waals surface area contributed by atoms with Crippen LogP contribution in [0.4, 0.5) is 15.5 Å². The smallest absolute Gasteiger partial charge is 0.414 e. The van der Waals surface area contributed by atoms with Crippen molar-refractivity contribution < 1.29 is 23.9 Å². The zero-order valence-corrected chi connectivity index (χ0v) is 17.6. The summed E-state index contributed by atoms with van der Waals surface area (Å²) >= 11 is 1.28. The Hall–Kier alpha value is -3.65. The molecule has 2 heterocycles. The number of rotatable bonds is 6. The van der Waals surface area contributed by atoms with E-state index in [-0.39, 0.29) is 18.4 Å². The Kier molecular flexibility index (Phi) is 5.99. The van der Waals surface area contributed by atoms with Gasteiger partial charge in [-0.1, -0.05) is 42.5 Å². The van der Waals surface area contributed by atoms with E-state index in [9.17, 15) is 14.4 Å². The van der Waals surface area contributed by atoms with Crippen molar-refractivity contribution in [3.8, 4) is 11.1 Å². The van der Waals surface area contributed by atoms with Crippen LogP contribution in [0.1, 0.15) is 15.9 Å². The van der Waals surface area contributed by atoms with Gasteiger partial charge in [0.2, 0.25) is 5.91 Å². The van der Waals surface area contributed by atoms with Crippen LogP contribution < -0.4 is 10.2 Å². The van der Waals surface area contributed by atoms with Gasteiger partial charge in [-0.15, -0.1) is 11.3 Å². The zero-order chi connectivity index (χ0) is 21.8. The fourth-order valence-electron chi connectivity index (χ4n) is 3.36. The second-order valence-corrected chi connectivity index (χ2v) is 7.75. The number of thiophene rings is 1. The van der Waals surface area contributed by atoms with Gasteiger partial charge in [0.05, 0.1) is 20.1 Å². The standard InChI is InChI=1S/C23H20N2O5S/c1-29-22(27)20-18(16-5-3-2-4-6-16)14-31-21(20)24-19(26)13-15-7-9-17(10-8-15)25-11-12-30-23(25)28/h2-10,14H,11-13H2,1H3,(H,24,26). The Morgan fingerprint density at radius 2 is 1.87 bits per heavy atom. The van der Waals surface area contributed by atoms with Crippen molar-refractivity contribution in [3.63, 3.8) is 0 Å². The number of nitrogens with zero attached hydrogens (tertiary/aromatic N) is 1. The number of esters is 1. The Bertz CT molecular complexity index is 1110. The maximum absolute atomic E-state index is 12.6. The van der Waals surface area contributed by atoms with Gasteiger partial charge in [0, 0.05) is 16.6 Å². The topological polar surface area (TPSA) is 84.9 Å². The monoisotopic (exact) mass is 436 g/mol. The number of methoxy groups -OCH3 is 1. The number of cyclic esters (lactones) is 1. The van der Waals surface area contributed by atoms with E-state index >= 15 is 0 Å². The van der Waals surface area contributed by atoms with Gasteiger partial charge in [0.1, 0.15) is 17.2 Å². The molecule has 1 aliphatic rings. The highest BCUT2D eigenvalue weighted by Crippen LogP contribution is 2.36. The summed E-state index contributed by atoms with van der Waals surface area (Å²) in [6.07, 6.45) is -0.239. The van der Waals surface area contributed by atoms with Crippen molar-refractivity contribution in [2.75, 3.05) is 30.5 Å². The minimum Gasteiger partial charge on any atom is -0.465 e. The molecular weight excluding hydrogens is 416 g/mol. The normalized spacial score (nSPS) is 13.1. The summed E-state index contributed by atoms with van der Waals surface area (Å²) in [4.78, 5) is 38.3. The molecule has 2 aromatic carbocycles. The lowest BCUT2D eigenvalue weighted by Gasteiger charge is -2.13. The van der Waals surface area contributed by atoms with Crippen LogP contribution in [0.2, 0.25) is 0 Å². The summed E-state index contributed by atoms with van der Waals surface area (Å²) in [7, 11) is 1.32. The number of amides is 2. The highest BCUT2D eigenvalue weighted by molar-refractivity contribution is 7.15. The maximum atomic E-state index is 12.6. The molecule has 7 nitrogen and oxygen atoms in total. The quantitative estimate of drug-likeness (QED) is 0.581. The number of anilines is 2. The zero-order valence-electron chi connectivity index (χ0n) is 16.8. The van der Waals surface area contributed by atoms with E-state index in [2.05, 4.69) is 5.32 Å². The van der Waals surface area contributed by atoms with Gasteiger partial charge in [-0.3, -0.25) is 9.69 Å². The number of benzene rings is 2. The molecule has 0 bridgehead atoms. The molecule has 0 saturated carbocycles. The molecule has 1 fully saturated rings. The van der Waals surface area contributed by atoms with Crippen LogP contribution in [-0.2, 0) is 20.7 Å². The Morgan fingerprint density at radius 1 is 1.13 bits per heavy atom. The van der Waals surface area contributed by atoms with E-state index in [1.807, 2.05) is 35.7 Å². The third kappa shape index (κ3) is 4.44. The van der Waals surface area contributed by atoms with Crippen LogP contribution in [0.5, 0.6) is 0 Å². The van der Waals surface area contributed by atoms with Crippen molar-refractivity contribution >= 4 is 40.0 Å². The molecule has 1 aliphatic heterocycles. The van der Waals surface area contributed by atoms with Gasteiger partial charge >= 0.3 is 12.1 Å². The first kappa shape index (κ1) is 20.6. The summed E-state index contributed by atoms with van der Waals surface area (Å²) in [6.45, 7) is 0.883. The third-order valence-electron chi connectivity index (χ3n) is 4.89. The van der Waals surface area contributed by atoms with Crippen LogP contribution in [0.25, 0.3) is 11.1 Å². The molecule has 0 radical (unpaired) electrons. The van der Waals surface area contributed by atoms with Gasteiger partial charge in [0.25, 0.3) is 0 Å². The molecule has 0 spiro atoms. The Morgan fingerprint density at radius 3 is 2.52 bits per heavy atom. The molecule has 0 aliphatic carbocycles. The van der Waals surface area contributed by atoms with Crippen molar-refractivity contribution in [2.24, 2.45) is 0 Å². The van der Waals surface area contributed by atoms with Crippen LogP contribution in [0.3, 0.4) is 0 Å². The molecule has 31 heavy (non-hydrogen) atoms. The molecule has 0 atom stereocenters. The predicted octanol–water partition coefficient (Wildman–Crippen LogP) is 4.34. The van der Waals surface area contributed by atoms with Crippen molar-refractivity contribution in [1.29, 1.82) is 0 Å². The first-order valence-electron chi connectivity index (χ1n) is 9.65. The number of carbonyl (C=O) groups is 3. The van der Waals surface area contributed by atoms with Crippen LogP contribution in [-0.4, -0.2) is 38.2 Å². The van der Waals surface area contributed by atoms with E-state index in [4.69, 9.17) is 9.47 Å². The van der Waals surface area contributed by atoms with E-state index < -0.39 is 5.97 Å². The van der Waals surface area contributed by atoms with Crippen molar-refractivity contribution in [2.45, 2.75) is 6.42 Å². The summed E-state index contributed by atoms with van der Waals surface area (Å²) in [5.41, 5.74) is 3.44. The largest absolute Gasteiger partial charge is 0.465 e. The lowest BCUT2D eigenvalue weighted by atomic mass is 10.0. The molecule has 1 N–H and O–H groups in total. The molecular formula is C23H20N2O5S. The van der Waals surface area contributed by atoms with Gasteiger partial charge in [-0.25, -0.2) is 9.59 Å². The number of nitrogens with one attached hydrogen (secondary N) is 1. The third-order valence-corrected chi connectivity index (χ3v) is 5.79. The van der Waals surface area contributed by atoms with Crippen molar-refractivity contribution in [1.82, 2.24) is 0 Å². The molecule has 8 heteroatoms. The predicted molar refractivity (Wildman–Crippen MR) is 119 cm³/mol. The van der Waals surface area contributed by atoms with Gasteiger partial charge < -0.3 is 14.8 Å². The lowest BCUT2D eigenvalue weighted by Crippen LogP contribution is -2.23. The second-order valence-electron chi connectivity index (χ2n) is 6.87. The molecule has 2 amide bonds. The van der Waals surface area contributed by atoms with Crippen LogP contribution in [0, 0.1) is 0 Å². The number of carbonyl (C=O) groups excluding carboxylic acids is 3. The van der Waals surface area contributed by atoms with Crippen LogP contribution >= 0.6 is 11.3 Å². The number of hydrogen-bond acceptors (Lipinski definition) is 6. The first-order chi connectivity index (χ1) is 15.1. The molecule has 3 aromatic rings. The summed E-state index contributed by atoms with van der Waals surface area (Å²) < 4.78 is 9.88. The average molecular weight is 436 g/mol. The summed E-state index contributed by atoms with van der Waals surface area (Å²) in [5.74, 6) is -0.753. The summed E-state index contributed by atoms with van der Waals surface area (Å²) in [5, 5.41) is 5.12. The second kappa shape index (κ2) is 9.01. The molecule has 1 saturated heterocycles. The van der Waals surface area contributed by atoms with Gasteiger partial charge in [-0.05, 0) is 23.3 Å². The molecule has 1 aromatic heterocycles. The minimum atomic E-state index is -0.503. The SMILES string of the molecule is COC(=O)c1c(-c2ccccc2)csc1NC(=O)Cc1ccc(N2CCOC2=O)cc1. The molecule has 0 unspecified atom stereocenters. The van der Waals surface area contributed by atoms with Gasteiger partial charge in [0.15, 0.2) is 0 Å². The molecule has 158 valence electrons. The average Bonchev–Trinajstić information content (AvgIpc) is 3.40. The van der Waals surface area contributed by atoms with Gasteiger partial charge in [-0.2, -0.15) is 0 Å². The number of ether oxygens (including phenoxy) is 2. The van der Waals surface area contributed by atoms with E-state index in [1.54, 1.807) is 29.2 Å². The maximum Gasteiger partial charge on any atom is 0.414 e. The minimum absolute atomic E-state index is 0.129. The molecule has 4 rings (SSSR count). The number of hydrogen-bond donors (Lipinski definition) is 1. The lowest BCUT2D eigenvalue weighted by molar-refractivity contribution is -0.115. The van der Waals surface area contributed by atoms with Crippen molar-refractivity contribution in [3.05, 3.63) is 71.1 Å². The van der Waals surface area contributed by atoms with E-state index in [1.165, 1.54) is 18.4 Å². The first-order valence-corrected chi connectivity index (χ1v) is 10.5. The Balaban J connectivity index is 1.49. The van der Waals surface area contributed by atoms with E-state index in [0.717, 1.165) is 22.4 Å². The highest BCUT2D eigenvalue weighted by atomic mass is 32.1.